The number of hydrogen-bond acceptors (Lipinski definition) is 4. The van der Waals surface area contributed by atoms with Gasteiger partial charge in [0.05, 0.1) is 18.8 Å². The quantitative estimate of drug-likeness (QED) is 0.560. The number of morpholine rings is 1. The first-order valence-electron chi connectivity index (χ1n) is 6.60. The van der Waals surface area contributed by atoms with Gasteiger partial charge >= 0.3 is 0 Å². The summed E-state index contributed by atoms with van der Waals surface area (Å²) in [6.45, 7) is 3.79. The van der Waals surface area contributed by atoms with E-state index in [1.807, 2.05) is 6.92 Å². The standard InChI is InChI=1S/C14H20FN3O2/c1-9-5-18(7-13(8-19)20-9)6-10-2-11(14(16)17)4-12(15)3-10/h2-4,9,13,19H,5-8H2,1H3,(H3,16,17). The molecule has 1 aliphatic rings. The molecule has 0 amide bonds. The third-order valence-electron chi connectivity index (χ3n) is 3.28. The van der Waals surface area contributed by atoms with Gasteiger partial charge in [-0.2, -0.15) is 0 Å². The summed E-state index contributed by atoms with van der Waals surface area (Å²) in [5, 5.41) is 16.6. The molecular formula is C14H20FN3O2. The van der Waals surface area contributed by atoms with E-state index in [0.717, 1.165) is 12.1 Å². The lowest BCUT2D eigenvalue weighted by molar-refractivity contribution is -0.0972. The van der Waals surface area contributed by atoms with E-state index in [9.17, 15) is 9.50 Å². The third-order valence-corrected chi connectivity index (χ3v) is 3.28. The highest BCUT2D eigenvalue weighted by Gasteiger charge is 2.24. The molecular weight excluding hydrogens is 261 g/mol. The molecule has 0 spiro atoms. The van der Waals surface area contributed by atoms with Crippen molar-refractivity contribution in [2.45, 2.75) is 25.7 Å². The first-order chi connectivity index (χ1) is 9.47. The van der Waals surface area contributed by atoms with Crippen LogP contribution in [0, 0.1) is 11.2 Å². The number of amidine groups is 1. The van der Waals surface area contributed by atoms with E-state index < -0.39 is 5.82 Å². The molecule has 0 radical (unpaired) electrons. The molecule has 0 saturated carbocycles. The van der Waals surface area contributed by atoms with Crippen LogP contribution in [-0.4, -0.2) is 47.7 Å². The molecule has 2 unspecified atom stereocenters. The maximum absolute atomic E-state index is 13.5. The molecule has 1 aromatic carbocycles. The van der Waals surface area contributed by atoms with E-state index in [0.29, 0.717) is 18.7 Å². The van der Waals surface area contributed by atoms with Crippen LogP contribution in [0.5, 0.6) is 0 Å². The van der Waals surface area contributed by atoms with Crippen molar-refractivity contribution in [3.63, 3.8) is 0 Å². The van der Waals surface area contributed by atoms with Crippen LogP contribution < -0.4 is 5.73 Å². The fourth-order valence-electron chi connectivity index (χ4n) is 2.53. The molecule has 110 valence electrons. The maximum Gasteiger partial charge on any atom is 0.124 e. The minimum Gasteiger partial charge on any atom is -0.394 e. The molecule has 6 heteroatoms. The van der Waals surface area contributed by atoms with Crippen LogP contribution in [-0.2, 0) is 11.3 Å². The number of halogens is 1. The van der Waals surface area contributed by atoms with Crippen molar-refractivity contribution in [3.05, 3.63) is 35.1 Å². The maximum atomic E-state index is 13.5. The van der Waals surface area contributed by atoms with E-state index >= 15 is 0 Å². The Kier molecular flexibility index (Phi) is 4.69. The van der Waals surface area contributed by atoms with Crippen LogP contribution in [0.4, 0.5) is 4.39 Å². The van der Waals surface area contributed by atoms with Gasteiger partial charge in [0.1, 0.15) is 11.7 Å². The van der Waals surface area contributed by atoms with Gasteiger partial charge in [0.25, 0.3) is 0 Å². The molecule has 20 heavy (non-hydrogen) atoms. The molecule has 1 aromatic rings. The average Bonchev–Trinajstić information content (AvgIpc) is 2.37. The predicted molar refractivity (Wildman–Crippen MR) is 74.1 cm³/mol. The largest absolute Gasteiger partial charge is 0.394 e. The minimum absolute atomic E-state index is 0.0251. The van der Waals surface area contributed by atoms with E-state index in [1.165, 1.54) is 12.1 Å². The minimum atomic E-state index is -0.396. The summed E-state index contributed by atoms with van der Waals surface area (Å²) in [5.74, 6) is -0.540. The molecule has 0 bridgehead atoms. The van der Waals surface area contributed by atoms with E-state index in [1.54, 1.807) is 6.07 Å². The molecule has 1 heterocycles. The van der Waals surface area contributed by atoms with Crippen LogP contribution in [0.25, 0.3) is 0 Å². The Morgan fingerprint density at radius 1 is 1.50 bits per heavy atom. The van der Waals surface area contributed by atoms with E-state index in [4.69, 9.17) is 15.9 Å². The Bertz CT molecular complexity index is 495. The average molecular weight is 281 g/mol. The Morgan fingerprint density at radius 2 is 2.25 bits per heavy atom. The Labute approximate surface area is 117 Å². The van der Waals surface area contributed by atoms with Gasteiger partial charge in [-0.25, -0.2) is 4.39 Å². The zero-order valence-corrected chi connectivity index (χ0v) is 11.5. The SMILES string of the molecule is CC1CN(Cc2cc(F)cc(C(=N)N)c2)CC(CO)O1. The van der Waals surface area contributed by atoms with Crippen molar-refractivity contribution >= 4 is 5.84 Å². The second kappa shape index (κ2) is 6.30. The summed E-state index contributed by atoms with van der Waals surface area (Å²) >= 11 is 0. The number of aliphatic hydroxyl groups excluding tert-OH is 1. The van der Waals surface area contributed by atoms with Crippen molar-refractivity contribution in [1.29, 1.82) is 5.41 Å². The number of benzene rings is 1. The van der Waals surface area contributed by atoms with Gasteiger partial charge in [-0.15, -0.1) is 0 Å². The number of nitrogens with zero attached hydrogens (tertiary/aromatic N) is 1. The van der Waals surface area contributed by atoms with Crippen molar-refractivity contribution in [1.82, 2.24) is 4.90 Å². The monoisotopic (exact) mass is 281 g/mol. The number of nitrogens with two attached hydrogens (primary N) is 1. The number of nitrogens with one attached hydrogen (secondary N) is 1. The number of aliphatic hydroxyl groups is 1. The Morgan fingerprint density at radius 3 is 2.90 bits per heavy atom. The van der Waals surface area contributed by atoms with Crippen LogP contribution in [0.2, 0.25) is 0 Å². The number of nitrogen functional groups attached to an aromatic ring is 1. The number of rotatable bonds is 4. The fraction of sp³-hybridized carbons (Fsp3) is 0.500. The zero-order valence-electron chi connectivity index (χ0n) is 11.5. The summed E-state index contributed by atoms with van der Waals surface area (Å²) < 4.78 is 19.1. The molecule has 5 nitrogen and oxygen atoms in total. The summed E-state index contributed by atoms with van der Waals surface area (Å²) in [6, 6.07) is 4.42. The van der Waals surface area contributed by atoms with Gasteiger partial charge in [0, 0.05) is 25.2 Å². The lowest BCUT2D eigenvalue weighted by Crippen LogP contribution is -2.47. The van der Waals surface area contributed by atoms with Crippen LogP contribution in [0.15, 0.2) is 18.2 Å². The lowest BCUT2D eigenvalue weighted by atomic mass is 10.1. The molecule has 4 N–H and O–H groups in total. The molecule has 2 rings (SSSR count). The molecule has 0 aliphatic carbocycles. The number of hydrogen-bond donors (Lipinski definition) is 3. The van der Waals surface area contributed by atoms with Crippen molar-refractivity contribution in [2.75, 3.05) is 19.7 Å². The molecule has 0 aromatic heterocycles. The van der Waals surface area contributed by atoms with Gasteiger partial charge in [0.2, 0.25) is 0 Å². The Hall–Kier alpha value is -1.50. The predicted octanol–water partition coefficient (Wildman–Crippen LogP) is 0.691. The molecule has 1 fully saturated rings. The fourth-order valence-corrected chi connectivity index (χ4v) is 2.53. The van der Waals surface area contributed by atoms with Crippen molar-refractivity contribution in [2.24, 2.45) is 5.73 Å². The van der Waals surface area contributed by atoms with E-state index in [2.05, 4.69) is 4.90 Å². The van der Waals surface area contributed by atoms with Gasteiger partial charge in [-0.1, -0.05) is 0 Å². The number of ether oxygens (including phenoxy) is 1. The second-order valence-corrected chi connectivity index (χ2v) is 5.21. The first-order valence-corrected chi connectivity index (χ1v) is 6.60. The van der Waals surface area contributed by atoms with Crippen molar-refractivity contribution in [3.8, 4) is 0 Å². The summed E-state index contributed by atoms with van der Waals surface area (Å²) in [4.78, 5) is 2.10. The highest BCUT2D eigenvalue weighted by molar-refractivity contribution is 5.95. The normalized spacial score (nSPS) is 23.8. The molecule has 1 saturated heterocycles. The second-order valence-electron chi connectivity index (χ2n) is 5.21. The van der Waals surface area contributed by atoms with Crippen LogP contribution in [0.3, 0.4) is 0 Å². The summed E-state index contributed by atoms with van der Waals surface area (Å²) in [5.41, 5.74) is 6.55. The summed E-state index contributed by atoms with van der Waals surface area (Å²) in [7, 11) is 0. The highest BCUT2D eigenvalue weighted by atomic mass is 19.1. The van der Waals surface area contributed by atoms with E-state index in [-0.39, 0.29) is 24.7 Å². The lowest BCUT2D eigenvalue weighted by Gasteiger charge is -2.36. The van der Waals surface area contributed by atoms with Gasteiger partial charge in [-0.3, -0.25) is 10.3 Å². The summed E-state index contributed by atoms with van der Waals surface area (Å²) in [6.07, 6.45) is -0.179. The first kappa shape index (κ1) is 14.9. The topological polar surface area (TPSA) is 82.6 Å². The van der Waals surface area contributed by atoms with Gasteiger partial charge < -0.3 is 15.6 Å². The smallest absolute Gasteiger partial charge is 0.124 e. The van der Waals surface area contributed by atoms with Crippen molar-refractivity contribution < 1.29 is 14.2 Å². The zero-order chi connectivity index (χ0) is 14.7. The Balaban J connectivity index is 2.11. The van der Waals surface area contributed by atoms with Gasteiger partial charge in [-0.05, 0) is 30.7 Å². The molecule has 2 atom stereocenters. The van der Waals surface area contributed by atoms with Crippen LogP contribution in [0.1, 0.15) is 18.1 Å². The molecule has 1 aliphatic heterocycles. The third kappa shape index (κ3) is 3.75. The highest BCUT2D eigenvalue weighted by Crippen LogP contribution is 2.16. The van der Waals surface area contributed by atoms with Gasteiger partial charge in [0.15, 0.2) is 0 Å². The van der Waals surface area contributed by atoms with Crippen LogP contribution >= 0.6 is 0 Å².